The van der Waals surface area contributed by atoms with Gasteiger partial charge in [0.1, 0.15) is 11.8 Å². The van der Waals surface area contributed by atoms with Gasteiger partial charge in [0, 0.05) is 31.0 Å². The summed E-state index contributed by atoms with van der Waals surface area (Å²) < 4.78 is 0. The summed E-state index contributed by atoms with van der Waals surface area (Å²) in [5.74, 6) is 1.44. The Bertz CT molecular complexity index is 837. The summed E-state index contributed by atoms with van der Waals surface area (Å²) in [7, 11) is 0. The standard InChI is InChI=1S/C25H37N3O3/c1-16-4-7-20(29)14-21(16)25(10-12-26-24(31)22-8-9-23(30)27-22)11-13-28(15-19-5-6-19)18(3)17(25)2/h4,7,14,17-19,22,29H,5-6,8-13,15H2,1-3H3,(H,26,31)(H,27,30)/t17-,18?,22?,25?/m0/s1. The van der Waals surface area contributed by atoms with Gasteiger partial charge in [0.15, 0.2) is 0 Å². The molecule has 3 N–H and O–H groups in total. The summed E-state index contributed by atoms with van der Waals surface area (Å²) in [6, 6.07) is 5.75. The molecule has 4 atom stereocenters. The van der Waals surface area contributed by atoms with Gasteiger partial charge in [-0.2, -0.15) is 0 Å². The fourth-order valence-corrected chi connectivity index (χ4v) is 5.80. The molecule has 0 spiro atoms. The molecule has 0 bridgehead atoms. The minimum atomic E-state index is -0.400. The number of likely N-dealkylation sites (tertiary alicyclic amines) is 1. The molecule has 2 saturated heterocycles. The van der Waals surface area contributed by atoms with E-state index in [1.807, 2.05) is 12.1 Å². The highest BCUT2D eigenvalue weighted by Crippen LogP contribution is 2.47. The van der Waals surface area contributed by atoms with Crippen molar-refractivity contribution in [2.75, 3.05) is 19.6 Å². The normalized spacial score (nSPS) is 31.5. The van der Waals surface area contributed by atoms with E-state index in [1.165, 1.54) is 30.5 Å². The van der Waals surface area contributed by atoms with Crippen LogP contribution in [0.25, 0.3) is 0 Å². The Balaban J connectivity index is 1.52. The fourth-order valence-electron chi connectivity index (χ4n) is 5.80. The van der Waals surface area contributed by atoms with Crippen molar-refractivity contribution in [1.29, 1.82) is 0 Å². The van der Waals surface area contributed by atoms with Gasteiger partial charge in [-0.15, -0.1) is 0 Å². The van der Waals surface area contributed by atoms with E-state index in [1.54, 1.807) is 6.07 Å². The second-order valence-corrected chi connectivity index (χ2v) is 10.1. The molecule has 170 valence electrons. The molecule has 31 heavy (non-hydrogen) atoms. The molecular weight excluding hydrogens is 390 g/mol. The number of amides is 2. The lowest BCUT2D eigenvalue weighted by atomic mass is 9.61. The van der Waals surface area contributed by atoms with E-state index in [0.29, 0.717) is 37.1 Å². The predicted octanol–water partition coefficient (Wildman–Crippen LogP) is 2.86. The summed E-state index contributed by atoms with van der Waals surface area (Å²) in [6.07, 6.45) is 5.56. The first-order valence-electron chi connectivity index (χ1n) is 11.9. The van der Waals surface area contributed by atoms with E-state index >= 15 is 0 Å². The van der Waals surface area contributed by atoms with Crippen molar-refractivity contribution in [3.8, 4) is 5.75 Å². The number of hydrogen-bond donors (Lipinski definition) is 3. The Morgan fingerprint density at radius 1 is 1.29 bits per heavy atom. The van der Waals surface area contributed by atoms with Crippen LogP contribution in [0.4, 0.5) is 0 Å². The SMILES string of the molecule is Cc1ccc(O)cc1C1(CCNC(=O)C2CCC(=O)N2)CCN(CC2CC2)C(C)[C@@H]1C. The number of carbonyl (C=O) groups excluding carboxylic acids is 2. The lowest BCUT2D eigenvalue weighted by molar-refractivity contribution is -0.125. The van der Waals surface area contributed by atoms with Crippen LogP contribution in [0.15, 0.2) is 18.2 Å². The van der Waals surface area contributed by atoms with Gasteiger partial charge in [-0.05, 0) is 87.6 Å². The Hall–Kier alpha value is -2.08. The summed E-state index contributed by atoms with van der Waals surface area (Å²) >= 11 is 0. The number of aryl methyl sites for hydroxylation is 1. The maximum atomic E-state index is 12.5. The van der Waals surface area contributed by atoms with Crippen molar-refractivity contribution in [2.24, 2.45) is 11.8 Å². The van der Waals surface area contributed by atoms with E-state index in [4.69, 9.17) is 0 Å². The molecule has 0 radical (unpaired) electrons. The largest absolute Gasteiger partial charge is 0.508 e. The molecule has 4 rings (SSSR count). The highest BCUT2D eigenvalue weighted by atomic mass is 16.3. The molecule has 0 aromatic heterocycles. The van der Waals surface area contributed by atoms with E-state index < -0.39 is 6.04 Å². The van der Waals surface area contributed by atoms with Crippen LogP contribution in [0.3, 0.4) is 0 Å². The quantitative estimate of drug-likeness (QED) is 0.625. The zero-order valence-corrected chi connectivity index (χ0v) is 19.1. The first-order chi connectivity index (χ1) is 14.8. The zero-order valence-electron chi connectivity index (χ0n) is 19.1. The Morgan fingerprint density at radius 3 is 2.74 bits per heavy atom. The third kappa shape index (κ3) is 4.59. The molecule has 2 amide bonds. The Kier molecular flexibility index (Phi) is 6.29. The average Bonchev–Trinajstić information content (AvgIpc) is 3.46. The molecule has 2 heterocycles. The minimum Gasteiger partial charge on any atom is -0.508 e. The number of nitrogens with one attached hydrogen (secondary N) is 2. The number of nitrogens with zero attached hydrogens (tertiary/aromatic N) is 1. The average molecular weight is 428 g/mol. The molecule has 3 unspecified atom stereocenters. The van der Waals surface area contributed by atoms with Crippen molar-refractivity contribution >= 4 is 11.8 Å². The monoisotopic (exact) mass is 427 g/mol. The number of hydrogen-bond acceptors (Lipinski definition) is 4. The Morgan fingerprint density at radius 2 is 2.06 bits per heavy atom. The topological polar surface area (TPSA) is 81.7 Å². The fraction of sp³-hybridized carbons (Fsp3) is 0.680. The first kappa shape index (κ1) is 22.1. The molecule has 1 aromatic rings. The molecule has 3 fully saturated rings. The van der Waals surface area contributed by atoms with Crippen LogP contribution >= 0.6 is 0 Å². The van der Waals surface area contributed by atoms with Gasteiger partial charge in [0.05, 0.1) is 0 Å². The van der Waals surface area contributed by atoms with E-state index in [-0.39, 0.29) is 17.2 Å². The van der Waals surface area contributed by atoms with Crippen molar-refractivity contribution < 1.29 is 14.7 Å². The Labute approximate surface area is 185 Å². The van der Waals surface area contributed by atoms with E-state index in [0.717, 1.165) is 25.3 Å². The lowest BCUT2D eigenvalue weighted by Crippen LogP contribution is -2.55. The van der Waals surface area contributed by atoms with Crippen LogP contribution in [0.2, 0.25) is 0 Å². The summed E-state index contributed by atoms with van der Waals surface area (Å²) in [5, 5.41) is 16.1. The molecule has 1 aromatic carbocycles. The molecule has 1 aliphatic carbocycles. The van der Waals surface area contributed by atoms with Crippen molar-refractivity contribution in [1.82, 2.24) is 15.5 Å². The van der Waals surface area contributed by atoms with Gasteiger partial charge in [0.2, 0.25) is 11.8 Å². The molecular formula is C25H37N3O3. The third-order valence-electron chi connectivity index (χ3n) is 8.15. The number of benzene rings is 1. The lowest BCUT2D eigenvalue weighted by Gasteiger charge is -2.52. The maximum Gasteiger partial charge on any atom is 0.242 e. The molecule has 2 aliphatic heterocycles. The first-order valence-corrected chi connectivity index (χ1v) is 11.9. The van der Waals surface area contributed by atoms with Gasteiger partial charge >= 0.3 is 0 Å². The predicted molar refractivity (Wildman–Crippen MR) is 121 cm³/mol. The minimum absolute atomic E-state index is 0.0440. The van der Waals surface area contributed by atoms with Crippen LogP contribution < -0.4 is 10.6 Å². The third-order valence-corrected chi connectivity index (χ3v) is 8.15. The van der Waals surface area contributed by atoms with Crippen LogP contribution in [-0.2, 0) is 15.0 Å². The summed E-state index contributed by atoms with van der Waals surface area (Å²) in [4.78, 5) is 26.6. The summed E-state index contributed by atoms with van der Waals surface area (Å²) in [6.45, 7) is 9.61. The number of piperidine rings is 1. The number of rotatable bonds is 7. The maximum absolute atomic E-state index is 12.5. The van der Waals surface area contributed by atoms with Gasteiger partial charge in [0.25, 0.3) is 0 Å². The van der Waals surface area contributed by atoms with Crippen molar-refractivity contribution in [3.63, 3.8) is 0 Å². The number of aromatic hydroxyl groups is 1. The smallest absolute Gasteiger partial charge is 0.242 e. The van der Waals surface area contributed by atoms with E-state index in [2.05, 4.69) is 36.3 Å². The van der Waals surface area contributed by atoms with Crippen molar-refractivity contribution in [3.05, 3.63) is 29.3 Å². The van der Waals surface area contributed by atoms with Gasteiger partial charge in [-0.1, -0.05) is 13.0 Å². The van der Waals surface area contributed by atoms with Gasteiger partial charge in [-0.3, -0.25) is 9.59 Å². The number of phenolic OH excluding ortho intramolecular Hbond substituents is 1. The van der Waals surface area contributed by atoms with Gasteiger partial charge < -0.3 is 20.6 Å². The van der Waals surface area contributed by atoms with Crippen LogP contribution in [0.1, 0.15) is 63.5 Å². The summed E-state index contributed by atoms with van der Waals surface area (Å²) in [5.41, 5.74) is 2.30. The van der Waals surface area contributed by atoms with Gasteiger partial charge in [-0.25, -0.2) is 0 Å². The number of phenols is 1. The zero-order chi connectivity index (χ0) is 22.2. The van der Waals surface area contributed by atoms with Crippen LogP contribution in [0.5, 0.6) is 5.75 Å². The molecule has 6 nitrogen and oxygen atoms in total. The number of carbonyl (C=O) groups is 2. The molecule has 6 heteroatoms. The van der Waals surface area contributed by atoms with Crippen LogP contribution in [-0.4, -0.2) is 53.5 Å². The second kappa shape index (κ2) is 8.81. The van der Waals surface area contributed by atoms with Crippen molar-refractivity contribution in [2.45, 2.75) is 76.8 Å². The highest BCUT2D eigenvalue weighted by molar-refractivity contribution is 5.90. The highest BCUT2D eigenvalue weighted by Gasteiger charge is 2.47. The van der Waals surface area contributed by atoms with E-state index in [9.17, 15) is 14.7 Å². The molecule has 1 saturated carbocycles. The molecule has 3 aliphatic rings. The van der Waals surface area contributed by atoms with Crippen LogP contribution in [0, 0.1) is 18.8 Å². The second-order valence-electron chi connectivity index (χ2n) is 10.1.